The fourth-order valence-electron chi connectivity index (χ4n) is 2.23. The quantitative estimate of drug-likeness (QED) is 0.816. The van der Waals surface area contributed by atoms with Crippen molar-refractivity contribution < 1.29 is 14.3 Å². The van der Waals surface area contributed by atoms with Crippen LogP contribution in [0.25, 0.3) is 0 Å². The van der Waals surface area contributed by atoms with E-state index in [4.69, 9.17) is 9.47 Å². The van der Waals surface area contributed by atoms with E-state index in [9.17, 15) is 4.79 Å². The summed E-state index contributed by atoms with van der Waals surface area (Å²) >= 11 is 0. The summed E-state index contributed by atoms with van der Waals surface area (Å²) < 4.78 is 10.5. The lowest BCUT2D eigenvalue weighted by molar-refractivity contribution is -0.123. The van der Waals surface area contributed by atoms with E-state index >= 15 is 0 Å². The first-order valence-electron chi connectivity index (χ1n) is 7.04. The number of hydrogen-bond acceptors (Lipinski definition) is 4. The number of ether oxygens (including phenoxy) is 2. The number of carbonyl (C=O) groups is 1. The highest BCUT2D eigenvalue weighted by Crippen LogP contribution is 2.16. The van der Waals surface area contributed by atoms with E-state index in [0.717, 1.165) is 25.4 Å². The highest BCUT2D eigenvalue weighted by molar-refractivity contribution is 5.77. The maximum Gasteiger partial charge on any atom is 0.257 e. The van der Waals surface area contributed by atoms with Crippen molar-refractivity contribution in [1.82, 2.24) is 10.2 Å². The lowest BCUT2D eigenvalue weighted by Gasteiger charge is -2.14. The molecule has 5 heteroatoms. The van der Waals surface area contributed by atoms with Crippen LogP contribution in [0, 0.1) is 0 Å². The van der Waals surface area contributed by atoms with Crippen LogP contribution in [0.2, 0.25) is 0 Å². The van der Waals surface area contributed by atoms with Crippen LogP contribution in [0.5, 0.6) is 11.5 Å². The van der Waals surface area contributed by atoms with Crippen molar-refractivity contribution in [2.75, 3.05) is 39.9 Å². The largest absolute Gasteiger partial charge is 0.497 e. The molecule has 1 amide bonds. The number of benzene rings is 1. The van der Waals surface area contributed by atoms with Gasteiger partial charge in [0.05, 0.1) is 7.11 Å². The third-order valence-electron chi connectivity index (χ3n) is 3.38. The zero-order chi connectivity index (χ0) is 14.2. The molecule has 0 spiro atoms. The number of carbonyl (C=O) groups excluding carboxylic acids is 1. The summed E-state index contributed by atoms with van der Waals surface area (Å²) in [7, 11) is 1.61. The van der Waals surface area contributed by atoms with Gasteiger partial charge in [0.2, 0.25) is 0 Å². The minimum Gasteiger partial charge on any atom is -0.497 e. The van der Waals surface area contributed by atoms with Gasteiger partial charge in [0, 0.05) is 13.1 Å². The molecule has 5 nitrogen and oxygen atoms in total. The Balaban J connectivity index is 1.61. The minimum absolute atomic E-state index is 0.0479. The molecule has 0 bridgehead atoms. The van der Waals surface area contributed by atoms with Gasteiger partial charge in [0.25, 0.3) is 5.91 Å². The molecule has 1 aliphatic heterocycles. The summed E-state index contributed by atoms with van der Waals surface area (Å²) in [5.41, 5.74) is 0. The minimum atomic E-state index is -0.0833. The number of hydrogen-bond donors (Lipinski definition) is 1. The Morgan fingerprint density at radius 3 is 2.50 bits per heavy atom. The number of amides is 1. The second-order valence-corrected chi connectivity index (χ2v) is 4.86. The van der Waals surface area contributed by atoms with E-state index in [1.165, 1.54) is 12.8 Å². The lowest BCUT2D eigenvalue weighted by Crippen LogP contribution is -2.35. The molecule has 0 saturated carbocycles. The Morgan fingerprint density at radius 1 is 1.20 bits per heavy atom. The van der Waals surface area contributed by atoms with Gasteiger partial charge in [-0.25, -0.2) is 0 Å². The molecule has 1 aromatic rings. The summed E-state index contributed by atoms with van der Waals surface area (Å²) in [6, 6.07) is 7.19. The smallest absolute Gasteiger partial charge is 0.257 e. The molecule has 1 heterocycles. The fourth-order valence-corrected chi connectivity index (χ4v) is 2.23. The van der Waals surface area contributed by atoms with E-state index in [1.807, 2.05) is 0 Å². The van der Waals surface area contributed by atoms with Crippen LogP contribution in [0.3, 0.4) is 0 Å². The molecular formula is C15H22N2O3. The van der Waals surface area contributed by atoms with Crippen molar-refractivity contribution in [3.05, 3.63) is 24.3 Å². The monoisotopic (exact) mass is 278 g/mol. The van der Waals surface area contributed by atoms with Crippen LogP contribution in [-0.4, -0.2) is 50.7 Å². The number of nitrogens with zero attached hydrogens (tertiary/aromatic N) is 1. The molecule has 1 aliphatic rings. The van der Waals surface area contributed by atoms with E-state index in [2.05, 4.69) is 10.2 Å². The van der Waals surface area contributed by atoms with Crippen LogP contribution in [0.15, 0.2) is 24.3 Å². The molecule has 0 aromatic heterocycles. The van der Waals surface area contributed by atoms with Gasteiger partial charge >= 0.3 is 0 Å². The van der Waals surface area contributed by atoms with Crippen LogP contribution < -0.4 is 14.8 Å². The maximum absolute atomic E-state index is 11.6. The Labute approximate surface area is 119 Å². The molecule has 110 valence electrons. The van der Waals surface area contributed by atoms with Gasteiger partial charge in [-0.3, -0.25) is 4.79 Å². The second-order valence-electron chi connectivity index (χ2n) is 4.86. The first-order valence-corrected chi connectivity index (χ1v) is 7.04. The molecule has 0 unspecified atom stereocenters. The van der Waals surface area contributed by atoms with Crippen LogP contribution in [0.1, 0.15) is 12.8 Å². The van der Waals surface area contributed by atoms with Crippen LogP contribution in [-0.2, 0) is 4.79 Å². The SMILES string of the molecule is COc1ccc(OCC(=O)NCCN2CCCC2)cc1. The third-order valence-corrected chi connectivity index (χ3v) is 3.38. The standard InChI is InChI=1S/C15H22N2O3/c1-19-13-4-6-14(7-5-13)20-12-15(18)16-8-11-17-9-2-3-10-17/h4-7H,2-3,8-12H2,1H3,(H,16,18). The second kappa shape index (κ2) is 7.75. The summed E-state index contributed by atoms with van der Waals surface area (Å²) in [6.45, 7) is 3.96. The molecule has 0 radical (unpaired) electrons. The molecular weight excluding hydrogens is 256 g/mol. The van der Waals surface area contributed by atoms with E-state index < -0.39 is 0 Å². The Hall–Kier alpha value is -1.75. The van der Waals surface area contributed by atoms with E-state index in [0.29, 0.717) is 12.3 Å². The Bertz CT molecular complexity index is 414. The Morgan fingerprint density at radius 2 is 1.85 bits per heavy atom. The first-order chi connectivity index (χ1) is 9.78. The molecule has 1 aromatic carbocycles. The lowest BCUT2D eigenvalue weighted by atomic mass is 10.3. The number of rotatable bonds is 7. The molecule has 1 saturated heterocycles. The van der Waals surface area contributed by atoms with Crippen molar-refractivity contribution in [2.24, 2.45) is 0 Å². The van der Waals surface area contributed by atoms with Crippen molar-refractivity contribution in [3.63, 3.8) is 0 Å². The highest BCUT2D eigenvalue weighted by Gasteiger charge is 2.11. The maximum atomic E-state index is 11.6. The van der Waals surface area contributed by atoms with Gasteiger partial charge in [-0.1, -0.05) is 0 Å². The molecule has 1 N–H and O–H groups in total. The molecule has 20 heavy (non-hydrogen) atoms. The number of nitrogens with one attached hydrogen (secondary N) is 1. The van der Waals surface area contributed by atoms with Gasteiger partial charge in [-0.15, -0.1) is 0 Å². The van der Waals surface area contributed by atoms with Crippen molar-refractivity contribution in [2.45, 2.75) is 12.8 Å². The first kappa shape index (κ1) is 14.7. The molecule has 2 rings (SSSR count). The molecule has 1 fully saturated rings. The number of methoxy groups -OCH3 is 1. The summed E-state index contributed by atoms with van der Waals surface area (Å²) in [5, 5.41) is 2.87. The average molecular weight is 278 g/mol. The fraction of sp³-hybridized carbons (Fsp3) is 0.533. The van der Waals surface area contributed by atoms with E-state index in [-0.39, 0.29) is 12.5 Å². The predicted molar refractivity (Wildman–Crippen MR) is 77.2 cm³/mol. The van der Waals surface area contributed by atoms with Crippen molar-refractivity contribution in [3.8, 4) is 11.5 Å². The third kappa shape index (κ3) is 4.74. The molecule has 0 atom stereocenters. The van der Waals surface area contributed by atoms with Crippen LogP contribution >= 0.6 is 0 Å². The van der Waals surface area contributed by atoms with Crippen LogP contribution in [0.4, 0.5) is 0 Å². The van der Waals surface area contributed by atoms with E-state index in [1.54, 1.807) is 31.4 Å². The zero-order valence-electron chi connectivity index (χ0n) is 11.9. The topological polar surface area (TPSA) is 50.8 Å². The summed E-state index contributed by atoms with van der Waals surface area (Å²) in [4.78, 5) is 14.0. The highest BCUT2D eigenvalue weighted by atomic mass is 16.5. The normalized spacial score (nSPS) is 15.1. The summed E-state index contributed by atoms with van der Waals surface area (Å²) in [5.74, 6) is 1.35. The van der Waals surface area contributed by atoms with Gasteiger partial charge in [0.15, 0.2) is 6.61 Å². The van der Waals surface area contributed by atoms with Gasteiger partial charge in [0.1, 0.15) is 11.5 Å². The molecule has 0 aliphatic carbocycles. The summed E-state index contributed by atoms with van der Waals surface area (Å²) in [6.07, 6.45) is 2.54. The van der Waals surface area contributed by atoms with Crippen molar-refractivity contribution >= 4 is 5.91 Å². The van der Waals surface area contributed by atoms with Crippen molar-refractivity contribution in [1.29, 1.82) is 0 Å². The predicted octanol–water partition coefficient (Wildman–Crippen LogP) is 1.29. The Kier molecular flexibility index (Phi) is 5.68. The number of likely N-dealkylation sites (tertiary alicyclic amines) is 1. The van der Waals surface area contributed by atoms with Gasteiger partial charge in [-0.05, 0) is 50.2 Å². The van der Waals surface area contributed by atoms with Gasteiger partial charge < -0.3 is 19.7 Å². The average Bonchev–Trinajstić information content (AvgIpc) is 2.99. The zero-order valence-corrected chi connectivity index (χ0v) is 11.9. The van der Waals surface area contributed by atoms with Gasteiger partial charge in [-0.2, -0.15) is 0 Å².